The van der Waals surface area contributed by atoms with Gasteiger partial charge in [-0.3, -0.25) is 0 Å². The van der Waals surface area contributed by atoms with Crippen molar-refractivity contribution in [1.29, 1.82) is 0 Å². The van der Waals surface area contributed by atoms with E-state index >= 15 is 0 Å². The maximum absolute atomic E-state index is 6.32. The van der Waals surface area contributed by atoms with Crippen LogP contribution in [0.4, 0.5) is 0 Å². The van der Waals surface area contributed by atoms with Crippen LogP contribution in [0.5, 0.6) is 5.75 Å². The highest BCUT2D eigenvalue weighted by atomic mass is 28.3. The number of methoxy groups -OCH3 is 1. The molecule has 3 heteroatoms. The number of aryl methyl sites for hydroxylation is 1. The second-order valence-corrected chi connectivity index (χ2v) is 14.2. The third kappa shape index (κ3) is 4.30. The average molecular weight is 441 g/mol. The quantitative estimate of drug-likeness (QED) is 0.269. The first kappa shape index (κ1) is 22.2. The van der Waals surface area contributed by atoms with Crippen molar-refractivity contribution in [2.45, 2.75) is 31.6 Å². The monoisotopic (exact) mass is 440 g/mol. The highest BCUT2D eigenvalue weighted by Gasteiger charge is 2.41. The van der Waals surface area contributed by atoms with Gasteiger partial charge in [0.2, 0.25) is 0 Å². The Morgan fingerprint density at radius 2 is 1.72 bits per heavy atom. The molecule has 1 unspecified atom stereocenters. The lowest BCUT2D eigenvalue weighted by atomic mass is 9.99. The van der Waals surface area contributed by atoms with E-state index in [1.165, 1.54) is 27.8 Å². The van der Waals surface area contributed by atoms with Gasteiger partial charge in [0.25, 0.3) is 0 Å². The molecular weight excluding hydrogens is 408 g/mol. The Hall–Kier alpha value is -3.04. The molecular formula is C29H32O2Si. The highest BCUT2D eigenvalue weighted by molar-refractivity contribution is 6.79. The maximum atomic E-state index is 6.32. The second kappa shape index (κ2) is 9.21. The molecule has 3 aromatic carbocycles. The van der Waals surface area contributed by atoms with Crippen LogP contribution >= 0.6 is 0 Å². The van der Waals surface area contributed by atoms with Gasteiger partial charge in [-0.15, -0.1) is 0 Å². The topological polar surface area (TPSA) is 18.5 Å². The van der Waals surface area contributed by atoms with Crippen molar-refractivity contribution in [2.75, 3.05) is 13.7 Å². The van der Waals surface area contributed by atoms with Gasteiger partial charge in [0.1, 0.15) is 18.1 Å². The zero-order chi connectivity index (χ0) is 22.7. The summed E-state index contributed by atoms with van der Waals surface area (Å²) >= 11 is 0. The Kier molecular flexibility index (Phi) is 6.38. The van der Waals surface area contributed by atoms with Gasteiger partial charge >= 0.3 is 0 Å². The third-order valence-electron chi connectivity index (χ3n) is 6.29. The van der Waals surface area contributed by atoms with Gasteiger partial charge in [-0.2, -0.15) is 0 Å². The molecule has 164 valence electrons. The molecule has 2 nitrogen and oxygen atoms in total. The van der Waals surface area contributed by atoms with Gasteiger partial charge < -0.3 is 9.47 Å². The summed E-state index contributed by atoms with van der Waals surface area (Å²) in [4.78, 5) is 0. The molecule has 3 aromatic rings. The molecule has 0 saturated heterocycles. The molecule has 4 rings (SSSR count). The minimum absolute atomic E-state index is 0.330. The summed E-state index contributed by atoms with van der Waals surface area (Å²) in [5, 5.41) is 0. The first-order valence-electron chi connectivity index (χ1n) is 11.2. The van der Waals surface area contributed by atoms with Crippen molar-refractivity contribution >= 4 is 14.1 Å². The Bertz CT molecular complexity index is 1150. The first-order valence-corrected chi connectivity index (χ1v) is 14.5. The van der Waals surface area contributed by atoms with E-state index in [0.29, 0.717) is 12.1 Å². The maximum Gasteiger partial charge on any atom is 0.130 e. The predicted octanol–water partition coefficient (Wildman–Crippen LogP) is 7.34. The summed E-state index contributed by atoms with van der Waals surface area (Å²) < 4.78 is 12.2. The molecule has 0 aliphatic heterocycles. The second-order valence-electron chi connectivity index (χ2n) is 9.24. The van der Waals surface area contributed by atoms with Gasteiger partial charge in [0, 0.05) is 11.1 Å². The summed E-state index contributed by atoms with van der Waals surface area (Å²) in [6.45, 7) is 11.5. The van der Waals surface area contributed by atoms with Crippen LogP contribution in [0.3, 0.4) is 0 Å². The Morgan fingerprint density at radius 3 is 2.44 bits per heavy atom. The largest absolute Gasteiger partial charge is 0.501 e. The minimum atomic E-state index is -1.86. The van der Waals surface area contributed by atoms with Crippen molar-refractivity contribution in [3.63, 3.8) is 0 Å². The number of ether oxygens (including phenoxy) is 2. The van der Waals surface area contributed by atoms with Crippen LogP contribution < -0.4 is 4.74 Å². The number of fused-ring (bicyclic) bond motifs is 1. The number of benzene rings is 3. The molecule has 0 fully saturated rings. The van der Waals surface area contributed by atoms with Crippen LogP contribution in [-0.2, 0) is 10.8 Å². The Labute approximate surface area is 193 Å². The standard InChI is InChI=1S/C29H32O2Si/c1-6-16-31-28-24(17-21(2)18-26(28)22-12-8-7-9-13-22)20-32(4,5)29-25-15-11-10-14-23(25)19-27(29)30-3/h6-15,17-19,29H,1,16,20H2,2-5H3. The molecule has 1 aliphatic rings. The summed E-state index contributed by atoms with van der Waals surface area (Å²) in [5.41, 5.74) is 7.88. The van der Waals surface area contributed by atoms with Crippen LogP contribution in [0.2, 0.25) is 13.1 Å². The SMILES string of the molecule is C=CCOc1c(C[Si](C)(C)C2C(OC)=Cc3ccccc32)cc(C)cc1-c1ccccc1. The van der Waals surface area contributed by atoms with Gasteiger partial charge in [0.15, 0.2) is 0 Å². The van der Waals surface area contributed by atoms with Crippen molar-refractivity contribution in [3.8, 4) is 16.9 Å². The van der Waals surface area contributed by atoms with Crippen molar-refractivity contribution in [1.82, 2.24) is 0 Å². The van der Waals surface area contributed by atoms with E-state index < -0.39 is 8.07 Å². The molecule has 32 heavy (non-hydrogen) atoms. The zero-order valence-electron chi connectivity index (χ0n) is 19.5. The minimum Gasteiger partial charge on any atom is -0.501 e. The lowest BCUT2D eigenvalue weighted by Gasteiger charge is -2.33. The van der Waals surface area contributed by atoms with Crippen LogP contribution in [0.15, 0.2) is 85.1 Å². The molecule has 0 radical (unpaired) electrons. The number of hydrogen-bond acceptors (Lipinski definition) is 2. The highest BCUT2D eigenvalue weighted by Crippen LogP contribution is 2.45. The Balaban J connectivity index is 1.79. The molecule has 0 heterocycles. The smallest absolute Gasteiger partial charge is 0.130 e. The summed E-state index contributed by atoms with van der Waals surface area (Å²) in [6.07, 6.45) is 4.04. The lowest BCUT2D eigenvalue weighted by molar-refractivity contribution is 0.284. The summed E-state index contributed by atoms with van der Waals surface area (Å²) in [5.74, 6) is 2.07. The molecule has 0 saturated carbocycles. The van der Waals surface area contributed by atoms with Crippen molar-refractivity contribution in [3.05, 3.63) is 107 Å². The number of allylic oxidation sites excluding steroid dienone is 1. The van der Waals surface area contributed by atoms with E-state index in [0.717, 1.165) is 23.1 Å². The van der Waals surface area contributed by atoms with E-state index in [-0.39, 0.29) is 0 Å². The van der Waals surface area contributed by atoms with Crippen LogP contribution in [-0.4, -0.2) is 21.8 Å². The van der Waals surface area contributed by atoms with E-state index in [1.54, 1.807) is 7.11 Å². The van der Waals surface area contributed by atoms with Gasteiger partial charge in [-0.05, 0) is 52.9 Å². The molecule has 0 spiro atoms. The molecule has 0 bridgehead atoms. The third-order valence-corrected chi connectivity index (χ3v) is 9.74. The van der Waals surface area contributed by atoms with Crippen LogP contribution in [0.25, 0.3) is 17.2 Å². The normalized spacial score (nSPS) is 15.1. The van der Waals surface area contributed by atoms with E-state index in [4.69, 9.17) is 9.47 Å². The van der Waals surface area contributed by atoms with E-state index in [2.05, 4.69) is 99.4 Å². The predicted molar refractivity (Wildman–Crippen MR) is 138 cm³/mol. The molecule has 1 atom stereocenters. The van der Waals surface area contributed by atoms with Crippen LogP contribution in [0, 0.1) is 6.92 Å². The fourth-order valence-corrected chi connectivity index (χ4v) is 8.52. The van der Waals surface area contributed by atoms with E-state index in [1.807, 2.05) is 6.08 Å². The molecule has 0 amide bonds. The number of hydrogen-bond donors (Lipinski definition) is 0. The summed E-state index contributed by atoms with van der Waals surface area (Å²) in [7, 11) is -0.0633. The summed E-state index contributed by atoms with van der Waals surface area (Å²) in [6, 6.07) is 24.8. The van der Waals surface area contributed by atoms with Crippen molar-refractivity contribution < 1.29 is 9.47 Å². The molecule has 0 aromatic heterocycles. The Morgan fingerprint density at radius 1 is 1.00 bits per heavy atom. The lowest BCUT2D eigenvalue weighted by Crippen LogP contribution is -2.39. The van der Waals surface area contributed by atoms with Gasteiger partial charge in [0.05, 0.1) is 15.2 Å². The fraction of sp³-hybridized carbons (Fsp3) is 0.241. The van der Waals surface area contributed by atoms with E-state index in [9.17, 15) is 0 Å². The molecule has 0 N–H and O–H groups in total. The van der Waals surface area contributed by atoms with Gasteiger partial charge in [-0.1, -0.05) is 86.4 Å². The van der Waals surface area contributed by atoms with Crippen LogP contribution in [0.1, 0.15) is 27.8 Å². The molecule has 1 aliphatic carbocycles. The average Bonchev–Trinajstić information content (AvgIpc) is 3.18. The number of rotatable bonds is 8. The van der Waals surface area contributed by atoms with Gasteiger partial charge in [-0.25, -0.2) is 0 Å². The zero-order valence-corrected chi connectivity index (χ0v) is 20.5. The van der Waals surface area contributed by atoms with Crippen molar-refractivity contribution in [2.24, 2.45) is 0 Å². The fourth-order valence-electron chi connectivity index (χ4n) is 5.00. The first-order chi connectivity index (χ1) is 15.4.